The minimum atomic E-state index is -1.47. The third-order valence-electron chi connectivity index (χ3n) is 11.6. The number of para-hydroxylation sites is 1. The summed E-state index contributed by atoms with van der Waals surface area (Å²) in [5.74, 6) is -3.61. The number of piperidine rings is 1. The number of fused-ring (bicyclic) bond motifs is 3. The molecule has 7 amide bonds. The third kappa shape index (κ3) is 10.1. The van der Waals surface area contributed by atoms with E-state index in [1.165, 1.54) is 14.7 Å². The fourth-order valence-electron chi connectivity index (χ4n) is 8.62. The lowest BCUT2D eigenvalue weighted by Gasteiger charge is -2.39. The second-order valence-electron chi connectivity index (χ2n) is 16.1. The molecule has 0 bridgehead atoms. The molecule has 1 unspecified atom stereocenters. The summed E-state index contributed by atoms with van der Waals surface area (Å²) >= 11 is 0. The molecule has 0 spiro atoms. The first-order chi connectivity index (χ1) is 27.9. The number of carbonyl (C=O) groups excluding carboxylic acids is 7. The first-order valence-corrected chi connectivity index (χ1v) is 20.5. The van der Waals surface area contributed by atoms with Crippen LogP contribution in [0, 0.1) is 11.8 Å². The fraction of sp³-hybridized carbons (Fsp3) is 0.548. The Hall–Kier alpha value is -5.51. The fourth-order valence-corrected chi connectivity index (χ4v) is 8.62. The van der Waals surface area contributed by atoms with Gasteiger partial charge in [0.1, 0.15) is 42.9 Å². The lowest BCUT2D eigenvalue weighted by molar-refractivity contribution is -0.158. The van der Waals surface area contributed by atoms with Gasteiger partial charge >= 0.3 is 12.0 Å². The Morgan fingerprint density at radius 1 is 0.845 bits per heavy atom. The van der Waals surface area contributed by atoms with Gasteiger partial charge in [-0.25, -0.2) is 9.59 Å². The molecule has 4 saturated heterocycles. The van der Waals surface area contributed by atoms with Gasteiger partial charge < -0.3 is 46.4 Å². The highest BCUT2D eigenvalue weighted by molar-refractivity contribution is 5.98. The molecule has 6 rings (SSSR count). The van der Waals surface area contributed by atoms with Gasteiger partial charge in [-0.15, -0.1) is 0 Å². The molecule has 4 aliphatic rings. The van der Waals surface area contributed by atoms with E-state index in [0.29, 0.717) is 63.7 Å². The number of ether oxygens (including phenoxy) is 1. The topological polar surface area (TPSA) is 213 Å². The second-order valence-corrected chi connectivity index (χ2v) is 16.1. The summed E-state index contributed by atoms with van der Waals surface area (Å²) in [7, 11) is 0. The molecule has 0 aliphatic carbocycles. The van der Waals surface area contributed by atoms with Crippen LogP contribution in [-0.4, -0.2) is 125 Å². The molecule has 0 radical (unpaired) electrons. The van der Waals surface area contributed by atoms with Crippen LogP contribution in [0.1, 0.15) is 64.4 Å². The van der Waals surface area contributed by atoms with Gasteiger partial charge in [-0.05, 0) is 87.9 Å². The predicted molar refractivity (Wildman–Crippen MR) is 214 cm³/mol. The number of urea groups is 1. The van der Waals surface area contributed by atoms with E-state index in [1.54, 1.807) is 49.4 Å². The summed E-state index contributed by atoms with van der Waals surface area (Å²) in [6.45, 7) is 4.04. The molecule has 58 heavy (non-hydrogen) atoms. The molecule has 312 valence electrons. The first-order valence-electron chi connectivity index (χ1n) is 20.5. The lowest BCUT2D eigenvalue weighted by Crippen LogP contribution is -2.62. The highest BCUT2D eigenvalue weighted by Crippen LogP contribution is 2.32. The Kier molecular flexibility index (Phi) is 14.0. The van der Waals surface area contributed by atoms with E-state index in [1.807, 2.05) is 25.1 Å². The summed E-state index contributed by atoms with van der Waals surface area (Å²) in [6.07, 6.45) is 3.75. The first kappa shape index (κ1) is 42.1. The van der Waals surface area contributed by atoms with E-state index in [9.17, 15) is 33.6 Å². The van der Waals surface area contributed by atoms with Crippen LogP contribution in [-0.2, 0) is 39.9 Å². The largest absolute Gasteiger partial charge is 0.461 e. The molecule has 4 fully saturated rings. The van der Waals surface area contributed by atoms with E-state index in [4.69, 9.17) is 10.5 Å². The van der Waals surface area contributed by atoms with Crippen molar-refractivity contribution in [3.8, 4) is 0 Å². The van der Waals surface area contributed by atoms with Gasteiger partial charge in [0, 0.05) is 31.7 Å². The Balaban J connectivity index is 1.34. The normalized spacial score (nSPS) is 27.5. The number of esters is 1. The van der Waals surface area contributed by atoms with Gasteiger partial charge in [0.15, 0.2) is 0 Å². The molecule has 0 aromatic heterocycles. The van der Waals surface area contributed by atoms with E-state index < -0.39 is 84.4 Å². The van der Waals surface area contributed by atoms with Gasteiger partial charge in [0.05, 0.1) is 0 Å². The van der Waals surface area contributed by atoms with Crippen molar-refractivity contribution in [2.75, 3.05) is 38.1 Å². The molecular formula is C42H56N8O8. The molecule has 2 aromatic rings. The molecule has 0 saturated carbocycles. The van der Waals surface area contributed by atoms with Gasteiger partial charge in [-0.3, -0.25) is 24.0 Å². The smallest absolute Gasteiger partial charge is 0.328 e. The average Bonchev–Trinajstić information content (AvgIpc) is 3.84. The second kappa shape index (κ2) is 19.3. The number of nitrogens with zero attached hydrogens (tertiary/aromatic N) is 3. The van der Waals surface area contributed by atoms with Crippen molar-refractivity contribution >= 4 is 47.2 Å². The number of hydrogen-bond acceptors (Lipinski definition) is 9. The van der Waals surface area contributed by atoms with Gasteiger partial charge in [-0.1, -0.05) is 55.5 Å². The number of amides is 7. The Bertz CT molecular complexity index is 1810. The van der Waals surface area contributed by atoms with Crippen LogP contribution in [0.3, 0.4) is 0 Å². The number of rotatable bonds is 9. The van der Waals surface area contributed by atoms with E-state index in [2.05, 4.69) is 21.3 Å². The van der Waals surface area contributed by atoms with Crippen LogP contribution in [0.15, 0.2) is 60.7 Å². The van der Waals surface area contributed by atoms with Crippen LogP contribution in [0.2, 0.25) is 0 Å². The number of anilines is 1. The van der Waals surface area contributed by atoms with Crippen molar-refractivity contribution in [3.05, 3.63) is 66.2 Å². The van der Waals surface area contributed by atoms with Crippen LogP contribution >= 0.6 is 0 Å². The monoisotopic (exact) mass is 800 g/mol. The summed E-state index contributed by atoms with van der Waals surface area (Å²) in [5.41, 5.74) is 7.09. The zero-order valence-electron chi connectivity index (χ0n) is 33.3. The number of benzene rings is 2. The van der Waals surface area contributed by atoms with E-state index in [0.717, 1.165) is 5.56 Å². The van der Waals surface area contributed by atoms with Crippen LogP contribution < -0.4 is 27.0 Å². The highest BCUT2D eigenvalue weighted by Gasteiger charge is 2.47. The minimum absolute atomic E-state index is 0.0576. The maximum absolute atomic E-state index is 14.9. The van der Waals surface area contributed by atoms with Crippen LogP contribution in [0.25, 0.3) is 0 Å². The molecule has 6 N–H and O–H groups in total. The minimum Gasteiger partial charge on any atom is -0.461 e. The Morgan fingerprint density at radius 3 is 2.28 bits per heavy atom. The number of cyclic esters (lactones) is 1. The summed E-state index contributed by atoms with van der Waals surface area (Å²) in [6, 6.07) is 10.7. The third-order valence-corrected chi connectivity index (χ3v) is 11.6. The van der Waals surface area contributed by atoms with Crippen LogP contribution in [0.4, 0.5) is 10.5 Å². The zero-order valence-corrected chi connectivity index (χ0v) is 33.3. The SMILES string of the molecule is C[C@H]1C[C@H]2C(=O)OC[C@H](NC(=O)[C@H](Cc3ccccc3)NC(=O)Nc3ccccc3)C(=O)N3CC(CCCN)C[C@H]3C(=O)N3CCCC[C@H]3C(=O)N[C@@H](C)C(=O)N2C1. The van der Waals surface area contributed by atoms with Crippen molar-refractivity contribution in [1.82, 2.24) is 30.7 Å². The molecule has 16 nitrogen and oxygen atoms in total. The quantitative estimate of drug-likeness (QED) is 0.233. The van der Waals surface area contributed by atoms with Gasteiger partial charge in [0.25, 0.3) is 0 Å². The van der Waals surface area contributed by atoms with Crippen molar-refractivity contribution in [3.63, 3.8) is 0 Å². The maximum atomic E-state index is 14.9. The van der Waals surface area contributed by atoms with Crippen molar-refractivity contribution in [1.29, 1.82) is 0 Å². The summed E-state index contributed by atoms with van der Waals surface area (Å²) in [4.78, 5) is 103. The number of nitrogens with two attached hydrogens (primary N) is 1. The molecule has 4 aliphatic heterocycles. The molecule has 8 atom stereocenters. The zero-order chi connectivity index (χ0) is 41.3. The Morgan fingerprint density at radius 2 is 1.55 bits per heavy atom. The van der Waals surface area contributed by atoms with Crippen molar-refractivity contribution in [2.24, 2.45) is 17.6 Å². The standard InChI is InChI=1S/C42H56N8O8/c1-26-20-35-41(56)58-25-32(46-36(51)31(21-28-12-5-3-6-13-28)47-42(57)45-30-15-7-4-8-16-30)39(54)50-24-29(14-11-18-43)22-34(50)40(55)48-19-10-9-17-33(48)37(52)44-27(2)38(53)49(35)23-26/h3-8,12-13,15-16,26-27,29,31-35H,9-11,14,17-25,43H2,1-2H3,(H,44,52)(H,46,51)(H2,45,47,57)/t26-,27-,29?,31-,32-,33-,34-,35-/m0/s1. The predicted octanol–water partition coefficient (Wildman–Crippen LogP) is 1.54. The van der Waals surface area contributed by atoms with Gasteiger partial charge in [-0.2, -0.15) is 0 Å². The van der Waals surface area contributed by atoms with Crippen molar-refractivity contribution in [2.45, 2.75) is 101 Å². The Labute approximate surface area is 338 Å². The number of nitrogens with one attached hydrogen (secondary N) is 4. The lowest BCUT2D eigenvalue weighted by atomic mass is 9.96. The average molecular weight is 801 g/mol. The molecule has 4 heterocycles. The number of hydrogen-bond donors (Lipinski definition) is 5. The number of carbonyl (C=O) groups is 7. The van der Waals surface area contributed by atoms with Crippen LogP contribution in [0.5, 0.6) is 0 Å². The van der Waals surface area contributed by atoms with E-state index >= 15 is 0 Å². The molecule has 2 aromatic carbocycles. The molecular weight excluding hydrogens is 745 g/mol. The molecule has 16 heteroatoms. The van der Waals surface area contributed by atoms with E-state index in [-0.39, 0.29) is 31.3 Å². The van der Waals surface area contributed by atoms with Gasteiger partial charge in [0.2, 0.25) is 29.5 Å². The van der Waals surface area contributed by atoms with Crippen molar-refractivity contribution < 1.29 is 38.3 Å². The summed E-state index contributed by atoms with van der Waals surface area (Å²) in [5, 5.41) is 11.0. The highest BCUT2D eigenvalue weighted by atomic mass is 16.5. The summed E-state index contributed by atoms with van der Waals surface area (Å²) < 4.78 is 5.81. The maximum Gasteiger partial charge on any atom is 0.328 e.